The molecule has 2 N–H and O–H groups in total. The van der Waals surface area contributed by atoms with Crippen LogP contribution in [0.1, 0.15) is 0 Å². The Hall–Kier alpha value is -1.72. The standard InChI is InChI=1S/C11H10ClF3N2O5S/c12-8(9(16)22-10(18)11(13,14)15)5-23(21)7-3-1-6(2-4-7)17(19)20/h1-4,8-9H,5,16H2. The summed E-state index contributed by atoms with van der Waals surface area (Å²) in [5.41, 5.74) is 4.99. The molecule has 0 radical (unpaired) electrons. The molecule has 1 rings (SSSR count). The molecule has 0 spiro atoms. The number of nitrogens with zero attached hydrogens (tertiary/aromatic N) is 1. The van der Waals surface area contributed by atoms with E-state index in [-0.39, 0.29) is 10.6 Å². The van der Waals surface area contributed by atoms with Gasteiger partial charge in [-0.25, -0.2) is 4.79 Å². The minimum absolute atomic E-state index is 0.163. The average Bonchev–Trinajstić information content (AvgIpc) is 2.45. The number of nitro benzene ring substituents is 1. The van der Waals surface area contributed by atoms with Gasteiger partial charge >= 0.3 is 12.1 Å². The zero-order valence-corrected chi connectivity index (χ0v) is 12.7. The summed E-state index contributed by atoms with van der Waals surface area (Å²) in [6, 6.07) is 4.65. The molecule has 3 unspecified atom stereocenters. The van der Waals surface area contributed by atoms with Crippen LogP contribution >= 0.6 is 11.6 Å². The van der Waals surface area contributed by atoms with Gasteiger partial charge in [0, 0.05) is 22.8 Å². The smallest absolute Gasteiger partial charge is 0.438 e. The van der Waals surface area contributed by atoms with Crippen molar-refractivity contribution in [2.75, 3.05) is 5.75 Å². The number of nitrogens with two attached hydrogens (primary N) is 1. The van der Waals surface area contributed by atoms with Gasteiger partial charge in [-0.3, -0.25) is 20.1 Å². The Kier molecular flexibility index (Phi) is 6.47. The Morgan fingerprint density at radius 1 is 1.39 bits per heavy atom. The normalized spacial score (nSPS) is 15.5. The maximum atomic E-state index is 12.0. The molecule has 0 amide bonds. The maximum Gasteiger partial charge on any atom is 0.490 e. The van der Waals surface area contributed by atoms with Gasteiger partial charge in [0.2, 0.25) is 0 Å². The highest BCUT2D eigenvalue weighted by Gasteiger charge is 2.42. The van der Waals surface area contributed by atoms with Gasteiger partial charge in [0.1, 0.15) is 0 Å². The lowest BCUT2D eigenvalue weighted by atomic mass is 10.3. The number of ether oxygens (including phenoxy) is 1. The van der Waals surface area contributed by atoms with Crippen molar-refractivity contribution in [2.24, 2.45) is 5.73 Å². The first-order valence-electron chi connectivity index (χ1n) is 5.82. The first-order valence-corrected chi connectivity index (χ1v) is 7.58. The second-order valence-corrected chi connectivity index (χ2v) is 6.20. The van der Waals surface area contributed by atoms with E-state index < -0.39 is 45.2 Å². The molecule has 1 aromatic carbocycles. The highest BCUT2D eigenvalue weighted by Crippen LogP contribution is 2.20. The number of benzene rings is 1. The van der Waals surface area contributed by atoms with E-state index >= 15 is 0 Å². The molecule has 0 aromatic heterocycles. The molecule has 0 fully saturated rings. The van der Waals surface area contributed by atoms with Crippen molar-refractivity contribution < 1.29 is 31.8 Å². The quantitative estimate of drug-likeness (QED) is 0.266. The van der Waals surface area contributed by atoms with Crippen LogP contribution in [0.3, 0.4) is 0 Å². The zero-order valence-electron chi connectivity index (χ0n) is 11.2. The van der Waals surface area contributed by atoms with E-state index in [9.17, 15) is 32.3 Å². The highest BCUT2D eigenvalue weighted by atomic mass is 35.5. The minimum Gasteiger partial charge on any atom is -0.438 e. The largest absolute Gasteiger partial charge is 0.490 e. The molecule has 1 aromatic rings. The van der Waals surface area contributed by atoms with Gasteiger partial charge in [0.15, 0.2) is 6.23 Å². The van der Waals surface area contributed by atoms with E-state index in [0.29, 0.717) is 0 Å². The first kappa shape index (κ1) is 19.3. The van der Waals surface area contributed by atoms with Gasteiger partial charge in [0.05, 0.1) is 21.1 Å². The summed E-state index contributed by atoms with van der Waals surface area (Å²) < 4.78 is 51.9. The summed E-state index contributed by atoms with van der Waals surface area (Å²) in [5, 5.41) is 9.13. The molecule has 0 aliphatic rings. The monoisotopic (exact) mass is 374 g/mol. The third-order valence-electron chi connectivity index (χ3n) is 2.45. The van der Waals surface area contributed by atoms with E-state index in [1.807, 2.05) is 0 Å². The fourth-order valence-corrected chi connectivity index (χ4v) is 2.83. The lowest BCUT2D eigenvalue weighted by molar-refractivity contribution is -0.384. The molecular weight excluding hydrogens is 365 g/mol. The summed E-state index contributed by atoms with van der Waals surface area (Å²) in [5.74, 6) is -2.91. The Morgan fingerprint density at radius 3 is 2.35 bits per heavy atom. The maximum absolute atomic E-state index is 12.0. The van der Waals surface area contributed by atoms with Crippen LogP contribution in [0.2, 0.25) is 0 Å². The predicted molar refractivity (Wildman–Crippen MR) is 74.1 cm³/mol. The lowest BCUT2D eigenvalue weighted by Gasteiger charge is -2.18. The third-order valence-corrected chi connectivity index (χ3v) is 4.50. The van der Waals surface area contributed by atoms with Crippen molar-refractivity contribution >= 4 is 34.1 Å². The third kappa shape index (κ3) is 5.77. The topological polar surface area (TPSA) is 113 Å². The molecule has 0 aliphatic heterocycles. The van der Waals surface area contributed by atoms with Crippen LogP contribution in [0.4, 0.5) is 18.9 Å². The second-order valence-electron chi connectivity index (χ2n) is 4.15. The molecule has 0 saturated carbocycles. The van der Waals surface area contributed by atoms with Crippen LogP contribution in [0.5, 0.6) is 0 Å². The van der Waals surface area contributed by atoms with Gasteiger partial charge in [-0.15, -0.1) is 11.6 Å². The second kappa shape index (κ2) is 7.70. The van der Waals surface area contributed by atoms with Crippen LogP contribution in [-0.2, 0) is 20.3 Å². The van der Waals surface area contributed by atoms with E-state index in [1.54, 1.807) is 0 Å². The number of rotatable bonds is 6. The number of carbonyl (C=O) groups excluding carboxylic acids is 1. The minimum atomic E-state index is -5.22. The number of nitro groups is 1. The van der Waals surface area contributed by atoms with Crippen LogP contribution in [0.25, 0.3) is 0 Å². The van der Waals surface area contributed by atoms with Gasteiger partial charge in [-0.1, -0.05) is 0 Å². The van der Waals surface area contributed by atoms with Crippen molar-refractivity contribution in [2.45, 2.75) is 22.7 Å². The lowest BCUT2D eigenvalue weighted by Crippen LogP contribution is -2.42. The van der Waals surface area contributed by atoms with Crippen LogP contribution in [-0.4, -0.2) is 38.6 Å². The number of esters is 1. The van der Waals surface area contributed by atoms with Crippen molar-refractivity contribution in [1.29, 1.82) is 0 Å². The number of alkyl halides is 4. The summed E-state index contributed by atoms with van der Waals surface area (Å²) in [4.78, 5) is 20.6. The fourth-order valence-electron chi connectivity index (χ4n) is 1.32. The Morgan fingerprint density at radius 2 is 1.91 bits per heavy atom. The van der Waals surface area contributed by atoms with Crippen molar-refractivity contribution in [3.8, 4) is 0 Å². The van der Waals surface area contributed by atoms with E-state index in [2.05, 4.69) is 4.74 Å². The molecule has 0 bridgehead atoms. The van der Waals surface area contributed by atoms with E-state index in [0.717, 1.165) is 12.1 Å². The van der Waals surface area contributed by atoms with Gasteiger partial charge < -0.3 is 4.74 Å². The summed E-state index contributed by atoms with van der Waals surface area (Å²) >= 11 is 5.68. The molecule has 23 heavy (non-hydrogen) atoms. The molecular formula is C11H10ClF3N2O5S. The van der Waals surface area contributed by atoms with Gasteiger partial charge in [-0.2, -0.15) is 13.2 Å². The van der Waals surface area contributed by atoms with Crippen molar-refractivity contribution in [1.82, 2.24) is 0 Å². The van der Waals surface area contributed by atoms with E-state index in [1.165, 1.54) is 12.1 Å². The molecule has 0 heterocycles. The Labute approximate surface area is 135 Å². The Bertz CT molecular complexity index is 611. The molecule has 3 atom stereocenters. The molecule has 128 valence electrons. The van der Waals surface area contributed by atoms with Crippen LogP contribution < -0.4 is 5.73 Å². The van der Waals surface area contributed by atoms with Gasteiger partial charge in [0.25, 0.3) is 5.69 Å². The van der Waals surface area contributed by atoms with E-state index in [4.69, 9.17) is 17.3 Å². The van der Waals surface area contributed by atoms with Crippen LogP contribution in [0.15, 0.2) is 29.2 Å². The molecule has 12 heteroatoms. The SMILES string of the molecule is NC(OC(=O)C(F)(F)F)C(Cl)CS(=O)c1ccc([N+](=O)[O-])cc1. The zero-order chi connectivity index (χ0) is 17.8. The number of hydrogen-bond donors (Lipinski definition) is 1. The summed E-state index contributed by atoms with van der Waals surface area (Å²) in [7, 11) is -1.80. The average molecular weight is 375 g/mol. The number of non-ortho nitro benzene ring substituents is 1. The predicted octanol–water partition coefficient (Wildman–Crippen LogP) is 1.70. The summed E-state index contributed by atoms with van der Waals surface area (Å²) in [6.07, 6.45) is -7.03. The van der Waals surface area contributed by atoms with Crippen molar-refractivity contribution in [3.63, 3.8) is 0 Å². The van der Waals surface area contributed by atoms with Crippen molar-refractivity contribution in [3.05, 3.63) is 34.4 Å². The first-order chi connectivity index (χ1) is 10.5. The fraction of sp³-hybridized carbons (Fsp3) is 0.364. The molecule has 7 nitrogen and oxygen atoms in total. The summed E-state index contributed by atoms with van der Waals surface area (Å²) in [6.45, 7) is 0. The van der Waals surface area contributed by atoms with Crippen LogP contribution in [0, 0.1) is 10.1 Å². The number of halogens is 4. The van der Waals surface area contributed by atoms with Gasteiger partial charge in [-0.05, 0) is 12.1 Å². The number of hydrogen-bond acceptors (Lipinski definition) is 6. The molecule has 0 saturated heterocycles. The molecule has 0 aliphatic carbocycles. The number of carbonyl (C=O) groups is 1. The highest BCUT2D eigenvalue weighted by molar-refractivity contribution is 7.85. The Balaban J connectivity index is 2.65.